The highest BCUT2D eigenvalue weighted by atomic mass is 16.5. The number of benzene rings is 2. The summed E-state index contributed by atoms with van der Waals surface area (Å²) in [5.41, 5.74) is -0.274. The monoisotopic (exact) mass is 265 g/mol. The van der Waals surface area contributed by atoms with Crippen LogP contribution in [0.5, 0.6) is 5.75 Å². The van der Waals surface area contributed by atoms with Gasteiger partial charge in [0.25, 0.3) is 0 Å². The van der Waals surface area contributed by atoms with Crippen molar-refractivity contribution in [1.82, 2.24) is 0 Å². The molecule has 2 aromatic rings. The maximum absolute atomic E-state index is 9.46. The van der Waals surface area contributed by atoms with Crippen LogP contribution in [0, 0.1) is 16.7 Å². The van der Waals surface area contributed by atoms with E-state index in [0.717, 1.165) is 31.4 Å². The molecule has 102 valence electrons. The Morgan fingerprint density at radius 3 is 2.50 bits per heavy atom. The van der Waals surface area contributed by atoms with Gasteiger partial charge in [0.2, 0.25) is 0 Å². The standard InChI is InChI=1S/C18H19NO/c19-13-18(10-4-1-5-11-18)14-20-17-9-8-15-6-2-3-7-16(15)12-17/h2-3,6-9,12H,1,4-5,10-11,14H2. The normalized spacial score (nSPS) is 17.6. The van der Waals surface area contributed by atoms with Crippen molar-refractivity contribution in [3.05, 3.63) is 42.5 Å². The number of hydrogen-bond acceptors (Lipinski definition) is 2. The number of nitrogens with zero attached hydrogens (tertiary/aromatic N) is 1. The van der Waals surface area contributed by atoms with E-state index in [1.807, 2.05) is 18.2 Å². The molecule has 0 unspecified atom stereocenters. The Morgan fingerprint density at radius 2 is 1.75 bits per heavy atom. The van der Waals surface area contributed by atoms with Crippen LogP contribution in [0.25, 0.3) is 10.8 Å². The van der Waals surface area contributed by atoms with Gasteiger partial charge in [-0.2, -0.15) is 5.26 Å². The van der Waals surface area contributed by atoms with Crippen molar-refractivity contribution in [2.24, 2.45) is 5.41 Å². The molecule has 0 aromatic heterocycles. The Kier molecular flexibility index (Phi) is 3.60. The molecule has 2 heteroatoms. The Bertz CT molecular complexity index is 635. The fourth-order valence-electron chi connectivity index (χ4n) is 3.00. The number of rotatable bonds is 3. The van der Waals surface area contributed by atoms with Gasteiger partial charge in [-0.1, -0.05) is 49.6 Å². The Morgan fingerprint density at radius 1 is 1.00 bits per heavy atom. The lowest BCUT2D eigenvalue weighted by Gasteiger charge is -2.30. The molecule has 0 N–H and O–H groups in total. The zero-order valence-electron chi connectivity index (χ0n) is 11.6. The van der Waals surface area contributed by atoms with Crippen molar-refractivity contribution in [2.75, 3.05) is 6.61 Å². The second kappa shape index (κ2) is 5.54. The maximum atomic E-state index is 9.46. The Labute approximate surface area is 120 Å². The topological polar surface area (TPSA) is 33.0 Å². The van der Waals surface area contributed by atoms with Gasteiger partial charge in [-0.25, -0.2) is 0 Å². The Balaban J connectivity index is 1.74. The van der Waals surface area contributed by atoms with E-state index in [1.54, 1.807) is 0 Å². The summed E-state index contributed by atoms with van der Waals surface area (Å²) in [7, 11) is 0. The SMILES string of the molecule is N#CC1(COc2ccc3ccccc3c2)CCCCC1. The summed E-state index contributed by atoms with van der Waals surface area (Å²) in [5, 5.41) is 11.9. The van der Waals surface area contributed by atoms with Crippen molar-refractivity contribution in [3.63, 3.8) is 0 Å². The summed E-state index contributed by atoms with van der Waals surface area (Å²) in [6, 6.07) is 16.9. The predicted molar refractivity (Wildman–Crippen MR) is 80.6 cm³/mol. The Hall–Kier alpha value is -2.01. The van der Waals surface area contributed by atoms with Crippen LogP contribution in [-0.4, -0.2) is 6.61 Å². The third-order valence-corrected chi connectivity index (χ3v) is 4.28. The summed E-state index contributed by atoms with van der Waals surface area (Å²) in [6.45, 7) is 0.516. The minimum Gasteiger partial charge on any atom is -0.492 e. The van der Waals surface area contributed by atoms with Gasteiger partial charge in [-0.3, -0.25) is 0 Å². The van der Waals surface area contributed by atoms with E-state index in [9.17, 15) is 5.26 Å². The molecule has 0 heterocycles. The molecule has 0 radical (unpaired) electrons. The van der Waals surface area contributed by atoms with E-state index in [0.29, 0.717) is 6.61 Å². The average Bonchev–Trinajstić information content (AvgIpc) is 2.54. The van der Waals surface area contributed by atoms with Gasteiger partial charge in [0.15, 0.2) is 0 Å². The number of nitriles is 1. The van der Waals surface area contributed by atoms with Crippen LogP contribution >= 0.6 is 0 Å². The molecule has 0 bridgehead atoms. The van der Waals surface area contributed by atoms with Gasteiger partial charge >= 0.3 is 0 Å². The van der Waals surface area contributed by atoms with Gasteiger partial charge < -0.3 is 4.74 Å². The van der Waals surface area contributed by atoms with Gasteiger partial charge in [-0.15, -0.1) is 0 Å². The summed E-state index contributed by atoms with van der Waals surface area (Å²) in [4.78, 5) is 0. The van der Waals surface area contributed by atoms with E-state index in [2.05, 4.69) is 30.3 Å². The van der Waals surface area contributed by atoms with Gasteiger partial charge in [0.1, 0.15) is 12.4 Å². The van der Waals surface area contributed by atoms with Crippen molar-refractivity contribution in [3.8, 4) is 11.8 Å². The van der Waals surface area contributed by atoms with Crippen molar-refractivity contribution in [2.45, 2.75) is 32.1 Å². The van der Waals surface area contributed by atoms with Crippen molar-refractivity contribution < 1.29 is 4.74 Å². The zero-order valence-corrected chi connectivity index (χ0v) is 11.6. The van der Waals surface area contributed by atoms with Crippen molar-refractivity contribution in [1.29, 1.82) is 5.26 Å². The molecule has 3 rings (SSSR count). The van der Waals surface area contributed by atoms with Crippen LogP contribution in [0.15, 0.2) is 42.5 Å². The van der Waals surface area contributed by atoms with E-state index < -0.39 is 0 Å². The quantitative estimate of drug-likeness (QED) is 0.806. The number of ether oxygens (including phenoxy) is 1. The highest BCUT2D eigenvalue weighted by Crippen LogP contribution is 2.36. The molecule has 0 atom stereocenters. The molecule has 1 aliphatic rings. The second-order valence-electron chi connectivity index (χ2n) is 5.75. The first-order valence-electron chi connectivity index (χ1n) is 7.34. The van der Waals surface area contributed by atoms with Crippen LogP contribution in [-0.2, 0) is 0 Å². The second-order valence-corrected chi connectivity index (χ2v) is 5.75. The zero-order chi connectivity index (χ0) is 13.8. The van der Waals surface area contributed by atoms with Gasteiger partial charge in [-0.05, 0) is 35.7 Å². The number of fused-ring (bicyclic) bond motifs is 1. The largest absolute Gasteiger partial charge is 0.492 e. The number of hydrogen-bond donors (Lipinski definition) is 0. The van der Waals surface area contributed by atoms with E-state index in [-0.39, 0.29) is 5.41 Å². The summed E-state index contributed by atoms with van der Waals surface area (Å²) in [5.74, 6) is 0.865. The van der Waals surface area contributed by atoms with E-state index in [4.69, 9.17) is 4.74 Å². The van der Waals surface area contributed by atoms with E-state index >= 15 is 0 Å². The molecule has 0 amide bonds. The first kappa shape index (κ1) is 13.0. The van der Waals surface area contributed by atoms with Gasteiger partial charge in [0, 0.05) is 0 Å². The minimum atomic E-state index is -0.274. The third kappa shape index (κ3) is 2.63. The highest BCUT2D eigenvalue weighted by molar-refractivity contribution is 5.83. The predicted octanol–water partition coefficient (Wildman–Crippen LogP) is 4.69. The van der Waals surface area contributed by atoms with E-state index in [1.165, 1.54) is 17.2 Å². The summed E-state index contributed by atoms with van der Waals surface area (Å²) < 4.78 is 5.93. The third-order valence-electron chi connectivity index (χ3n) is 4.28. The molecular weight excluding hydrogens is 246 g/mol. The highest BCUT2D eigenvalue weighted by Gasteiger charge is 2.32. The molecule has 1 fully saturated rings. The first-order chi connectivity index (χ1) is 9.81. The fraction of sp³-hybridized carbons (Fsp3) is 0.389. The van der Waals surface area contributed by atoms with Crippen molar-refractivity contribution >= 4 is 10.8 Å². The maximum Gasteiger partial charge on any atom is 0.120 e. The average molecular weight is 265 g/mol. The van der Waals surface area contributed by atoms with Crippen LogP contribution in [0.1, 0.15) is 32.1 Å². The summed E-state index contributed by atoms with van der Waals surface area (Å²) in [6.07, 6.45) is 5.48. The molecule has 2 aromatic carbocycles. The van der Waals surface area contributed by atoms with Crippen LogP contribution in [0.2, 0.25) is 0 Å². The van der Waals surface area contributed by atoms with Crippen LogP contribution in [0.3, 0.4) is 0 Å². The lowest BCUT2D eigenvalue weighted by molar-refractivity contribution is 0.150. The molecular formula is C18H19NO. The summed E-state index contributed by atoms with van der Waals surface area (Å²) >= 11 is 0. The molecule has 1 aliphatic carbocycles. The smallest absolute Gasteiger partial charge is 0.120 e. The molecule has 20 heavy (non-hydrogen) atoms. The molecule has 1 saturated carbocycles. The fourth-order valence-corrected chi connectivity index (χ4v) is 3.00. The van der Waals surface area contributed by atoms with Crippen LogP contribution < -0.4 is 4.74 Å². The molecule has 0 spiro atoms. The first-order valence-corrected chi connectivity index (χ1v) is 7.34. The van der Waals surface area contributed by atoms with Gasteiger partial charge in [0.05, 0.1) is 11.5 Å². The lowest BCUT2D eigenvalue weighted by atomic mass is 9.76. The molecule has 0 aliphatic heterocycles. The minimum absolute atomic E-state index is 0.274. The molecule has 0 saturated heterocycles. The molecule has 2 nitrogen and oxygen atoms in total. The van der Waals surface area contributed by atoms with Crippen LogP contribution in [0.4, 0.5) is 0 Å². The lowest BCUT2D eigenvalue weighted by Crippen LogP contribution is -2.29.